The average Bonchev–Trinajstić information content (AvgIpc) is 2.49. The van der Waals surface area contributed by atoms with Crippen molar-refractivity contribution in [3.8, 4) is 0 Å². The molecule has 2 N–H and O–H groups in total. The summed E-state index contributed by atoms with van der Waals surface area (Å²) < 4.78 is 12.4. The van der Waals surface area contributed by atoms with Crippen molar-refractivity contribution < 1.29 is 14.8 Å². The number of hydrogen-bond acceptors (Lipinski definition) is 3. The summed E-state index contributed by atoms with van der Waals surface area (Å²) in [5, 5.41) is 17.7. The van der Waals surface area contributed by atoms with Crippen LogP contribution in [0.25, 0.3) is 0 Å². The average molecular weight is 290 g/mol. The van der Waals surface area contributed by atoms with E-state index < -0.39 is 11.2 Å². The number of aliphatic hydroxyl groups is 2. The third kappa shape index (κ3) is 3.84. The van der Waals surface area contributed by atoms with Crippen LogP contribution in [0.4, 0.5) is 0 Å². The van der Waals surface area contributed by atoms with Crippen molar-refractivity contribution in [2.45, 2.75) is 22.6 Å². The highest BCUT2D eigenvalue weighted by Gasteiger charge is 2.14. The summed E-state index contributed by atoms with van der Waals surface area (Å²) in [7, 11) is 0. The molecule has 0 aromatic heterocycles. The predicted molar refractivity (Wildman–Crippen MR) is 79.1 cm³/mol. The van der Waals surface area contributed by atoms with Crippen molar-refractivity contribution in [2.75, 3.05) is 13.2 Å². The molecule has 0 amide bonds. The third-order valence-electron chi connectivity index (χ3n) is 3.08. The van der Waals surface area contributed by atoms with Gasteiger partial charge in [0.25, 0.3) is 0 Å². The Labute approximate surface area is 122 Å². The van der Waals surface area contributed by atoms with Crippen molar-refractivity contribution >= 4 is 11.2 Å². The Kier molecular flexibility index (Phi) is 5.61. The Bertz CT molecular complexity index is 473. The van der Waals surface area contributed by atoms with Gasteiger partial charge in [0.15, 0.2) is 9.79 Å². The minimum Gasteiger partial charge on any atom is -0.606 e. The van der Waals surface area contributed by atoms with Gasteiger partial charge in [0, 0.05) is 24.4 Å². The number of hydrogen-bond donors (Lipinski definition) is 2. The first-order valence-corrected chi connectivity index (χ1v) is 7.71. The normalized spacial score (nSPS) is 11.0. The monoisotopic (exact) mass is 290 g/mol. The van der Waals surface area contributed by atoms with Gasteiger partial charge in [-0.2, -0.15) is 0 Å². The smallest absolute Gasteiger partial charge is 0.158 e. The van der Waals surface area contributed by atoms with Crippen LogP contribution in [0, 0.1) is 0 Å². The first kappa shape index (κ1) is 15.1. The van der Waals surface area contributed by atoms with E-state index in [2.05, 4.69) is 0 Å². The summed E-state index contributed by atoms with van der Waals surface area (Å²) in [4.78, 5) is 1.50. The molecule has 4 heteroatoms. The van der Waals surface area contributed by atoms with Crippen molar-refractivity contribution in [1.29, 1.82) is 0 Å². The molecule has 0 heterocycles. The number of benzene rings is 2. The molecule has 20 heavy (non-hydrogen) atoms. The quantitative estimate of drug-likeness (QED) is 0.799. The van der Waals surface area contributed by atoms with E-state index in [1.54, 1.807) is 0 Å². The van der Waals surface area contributed by atoms with E-state index in [9.17, 15) is 4.55 Å². The molecular formula is C16H18O3S. The fraction of sp³-hybridized carbons (Fsp3) is 0.250. The molecule has 0 unspecified atom stereocenters. The molecule has 0 aliphatic rings. The number of aliphatic hydroxyl groups excluding tert-OH is 2. The van der Waals surface area contributed by atoms with E-state index in [1.807, 2.05) is 48.5 Å². The van der Waals surface area contributed by atoms with Crippen LogP contribution in [-0.2, 0) is 24.0 Å². The first-order chi connectivity index (χ1) is 9.74. The van der Waals surface area contributed by atoms with Crippen LogP contribution in [0.15, 0.2) is 58.3 Å². The highest BCUT2D eigenvalue weighted by molar-refractivity contribution is 7.91. The van der Waals surface area contributed by atoms with Crippen LogP contribution in [0.5, 0.6) is 0 Å². The summed E-state index contributed by atoms with van der Waals surface area (Å²) in [5.41, 5.74) is 2.07. The zero-order valence-corrected chi connectivity index (χ0v) is 12.0. The molecule has 0 saturated carbocycles. The number of rotatable bonds is 6. The van der Waals surface area contributed by atoms with Crippen LogP contribution in [0.3, 0.4) is 0 Å². The van der Waals surface area contributed by atoms with Crippen LogP contribution in [0.1, 0.15) is 11.1 Å². The molecule has 0 fully saturated rings. The predicted octanol–water partition coefficient (Wildman–Crippen LogP) is 1.92. The maximum absolute atomic E-state index is 12.4. The third-order valence-corrected chi connectivity index (χ3v) is 4.48. The molecule has 0 aliphatic carbocycles. The van der Waals surface area contributed by atoms with Crippen LogP contribution < -0.4 is 0 Å². The second-order valence-electron chi connectivity index (χ2n) is 4.50. The van der Waals surface area contributed by atoms with Crippen LogP contribution >= 0.6 is 0 Å². The molecule has 2 rings (SSSR count). The van der Waals surface area contributed by atoms with Gasteiger partial charge in [0.05, 0.1) is 0 Å². The van der Waals surface area contributed by atoms with Gasteiger partial charge in [0.2, 0.25) is 0 Å². The largest absolute Gasteiger partial charge is 0.606 e. The lowest BCUT2D eigenvalue weighted by Crippen LogP contribution is -2.03. The molecule has 2 aromatic carbocycles. The molecule has 2 aromatic rings. The van der Waals surface area contributed by atoms with Gasteiger partial charge in [-0.15, -0.1) is 0 Å². The topological polar surface area (TPSA) is 63.5 Å². The zero-order chi connectivity index (χ0) is 14.4. The molecule has 0 saturated heterocycles. The van der Waals surface area contributed by atoms with E-state index in [4.69, 9.17) is 10.2 Å². The van der Waals surface area contributed by atoms with E-state index in [-0.39, 0.29) is 13.2 Å². The van der Waals surface area contributed by atoms with Gasteiger partial charge in [0.1, 0.15) is 0 Å². The Morgan fingerprint density at radius 2 is 1.05 bits per heavy atom. The van der Waals surface area contributed by atoms with E-state index in [1.165, 1.54) is 0 Å². The van der Waals surface area contributed by atoms with Gasteiger partial charge in [-0.3, -0.25) is 0 Å². The molecular weight excluding hydrogens is 272 g/mol. The summed E-state index contributed by atoms with van der Waals surface area (Å²) in [5.74, 6) is 0. The first-order valence-electron chi connectivity index (χ1n) is 6.56. The summed E-state index contributed by atoms with van der Waals surface area (Å²) in [6.07, 6.45) is 1.23. The Morgan fingerprint density at radius 1 is 0.700 bits per heavy atom. The lowest BCUT2D eigenvalue weighted by molar-refractivity contribution is 0.299. The highest BCUT2D eigenvalue weighted by atomic mass is 32.2. The van der Waals surface area contributed by atoms with Crippen molar-refractivity contribution in [1.82, 2.24) is 0 Å². The molecule has 0 bridgehead atoms. The van der Waals surface area contributed by atoms with E-state index in [0.29, 0.717) is 12.8 Å². The summed E-state index contributed by atoms with van der Waals surface area (Å²) in [6, 6.07) is 14.9. The standard InChI is InChI=1S/C16H18O3S/c17-11-9-13-1-5-15(6-2-13)20(19)16-7-3-14(4-8-16)10-12-18/h1-8,17-18H,9-12H2. The maximum Gasteiger partial charge on any atom is 0.158 e. The van der Waals surface area contributed by atoms with Crippen molar-refractivity contribution in [3.63, 3.8) is 0 Å². The second-order valence-corrected chi connectivity index (χ2v) is 5.98. The summed E-state index contributed by atoms with van der Waals surface area (Å²) in [6.45, 7) is 0.240. The van der Waals surface area contributed by atoms with Gasteiger partial charge in [-0.1, -0.05) is 24.3 Å². The minimum absolute atomic E-state index is 0.120. The lowest BCUT2D eigenvalue weighted by atomic mass is 10.2. The maximum atomic E-state index is 12.4. The molecule has 0 atom stereocenters. The Morgan fingerprint density at radius 3 is 1.35 bits per heavy atom. The fourth-order valence-electron chi connectivity index (χ4n) is 1.95. The van der Waals surface area contributed by atoms with Crippen molar-refractivity contribution in [3.05, 3.63) is 59.7 Å². The van der Waals surface area contributed by atoms with Crippen LogP contribution in [-0.4, -0.2) is 28.0 Å². The van der Waals surface area contributed by atoms with Gasteiger partial charge in [-0.05, 0) is 48.2 Å². The molecule has 3 nitrogen and oxygen atoms in total. The molecule has 0 radical (unpaired) electrons. The van der Waals surface area contributed by atoms with Crippen molar-refractivity contribution in [2.24, 2.45) is 0 Å². The van der Waals surface area contributed by atoms with Crippen LogP contribution in [0.2, 0.25) is 0 Å². The molecule has 106 valence electrons. The van der Waals surface area contributed by atoms with E-state index in [0.717, 1.165) is 20.9 Å². The lowest BCUT2D eigenvalue weighted by Gasteiger charge is -2.10. The van der Waals surface area contributed by atoms with Gasteiger partial charge in [-0.25, -0.2) is 0 Å². The second kappa shape index (κ2) is 7.45. The molecule has 0 aliphatic heterocycles. The summed E-state index contributed by atoms with van der Waals surface area (Å²) >= 11 is -1.20. The fourth-order valence-corrected chi connectivity index (χ4v) is 2.99. The Hall–Kier alpha value is -1.33. The Balaban J connectivity index is 2.11. The SMILES string of the molecule is [O-][S+](c1ccc(CCO)cc1)c1ccc(CCO)cc1. The minimum atomic E-state index is -1.20. The van der Waals surface area contributed by atoms with E-state index >= 15 is 0 Å². The molecule has 0 spiro atoms. The van der Waals surface area contributed by atoms with Gasteiger partial charge >= 0.3 is 0 Å². The highest BCUT2D eigenvalue weighted by Crippen LogP contribution is 2.21. The zero-order valence-electron chi connectivity index (χ0n) is 11.2. The van der Waals surface area contributed by atoms with Gasteiger partial charge < -0.3 is 14.8 Å².